The lowest BCUT2D eigenvalue weighted by Gasteiger charge is -2.22. The number of amides is 1. The molecule has 0 spiro atoms. The van der Waals surface area contributed by atoms with Crippen LogP contribution in [0.25, 0.3) is 6.08 Å². The molecule has 5 heteroatoms. The highest BCUT2D eigenvalue weighted by Gasteiger charge is 2.20. The molecule has 0 fully saturated rings. The highest BCUT2D eigenvalue weighted by atomic mass is 35.5. The van der Waals surface area contributed by atoms with Gasteiger partial charge in [-0.25, -0.2) is 0 Å². The standard InChI is InChI=1S/C20H20ClNO3/c1-3-24-18-7-4-14(5-8-18)12-22(2)20(23)16-10-15-11-17(21)6-9-19(15)25-13-16/h4-11H,3,12-13H2,1-2H3. The SMILES string of the molecule is CCOc1ccc(CN(C)C(=O)C2=Cc3cc(Cl)ccc3OC2)cc1. The number of nitrogens with zero attached hydrogens (tertiary/aromatic N) is 1. The second kappa shape index (κ2) is 7.62. The molecule has 130 valence electrons. The number of ether oxygens (including phenoxy) is 2. The van der Waals surface area contributed by atoms with Crippen LogP contribution in [0.4, 0.5) is 0 Å². The van der Waals surface area contributed by atoms with E-state index >= 15 is 0 Å². The van der Waals surface area contributed by atoms with Crippen LogP contribution < -0.4 is 9.47 Å². The molecule has 1 aliphatic rings. The van der Waals surface area contributed by atoms with Gasteiger partial charge in [0.15, 0.2) is 0 Å². The fourth-order valence-electron chi connectivity index (χ4n) is 2.72. The average molecular weight is 358 g/mol. The lowest BCUT2D eigenvalue weighted by Crippen LogP contribution is -2.30. The first-order valence-electron chi connectivity index (χ1n) is 8.17. The molecule has 4 nitrogen and oxygen atoms in total. The Labute approximate surface area is 152 Å². The van der Waals surface area contributed by atoms with E-state index in [9.17, 15) is 4.79 Å². The van der Waals surface area contributed by atoms with Crippen molar-refractivity contribution in [2.45, 2.75) is 13.5 Å². The van der Waals surface area contributed by atoms with Crippen molar-refractivity contribution >= 4 is 23.6 Å². The van der Waals surface area contributed by atoms with E-state index in [1.54, 1.807) is 24.1 Å². The lowest BCUT2D eigenvalue weighted by atomic mass is 10.1. The predicted octanol–water partition coefficient (Wildman–Crippen LogP) is 4.17. The minimum absolute atomic E-state index is 0.0560. The Balaban J connectivity index is 1.70. The monoisotopic (exact) mass is 357 g/mol. The van der Waals surface area contributed by atoms with Gasteiger partial charge in [0.25, 0.3) is 5.91 Å². The molecular weight excluding hydrogens is 338 g/mol. The molecule has 3 rings (SSSR count). The molecule has 0 aliphatic carbocycles. The Kier molecular flexibility index (Phi) is 5.29. The molecule has 0 bridgehead atoms. The minimum atomic E-state index is -0.0560. The van der Waals surface area contributed by atoms with E-state index in [0.29, 0.717) is 23.7 Å². The first-order chi connectivity index (χ1) is 12.1. The van der Waals surface area contributed by atoms with E-state index in [0.717, 1.165) is 22.6 Å². The highest BCUT2D eigenvalue weighted by Crippen LogP contribution is 2.29. The van der Waals surface area contributed by atoms with Crippen LogP contribution in [0, 0.1) is 0 Å². The summed E-state index contributed by atoms with van der Waals surface area (Å²) in [6, 6.07) is 13.2. The molecule has 2 aromatic rings. The van der Waals surface area contributed by atoms with Gasteiger partial charge in [0.1, 0.15) is 18.1 Å². The number of carbonyl (C=O) groups excluding carboxylic acids is 1. The zero-order chi connectivity index (χ0) is 17.8. The summed E-state index contributed by atoms with van der Waals surface area (Å²) < 4.78 is 11.1. The molecule has 0 radical (unpaired) electrons. The van der Waals surface area contributed by atoms with Gasteiger partial charge in [-0.15, -0.1) is 0 Å². The van der Waals surface area contributed by atoms with Crippen molar-refractivity contribution in [2.75, 3.05) is 20.3 Å². The number of rotatable bonds is 5. The summed E-state index contributed by atoms with van der Waals surface area (Å²) >= 11 is 6.02. The van der Waals surface area contributed by atoms with Crippen molar-refractivity contribution in [3.63, 3.8) is 0 Å². The highest BCUT2D eigenvalue weighted by molar-refractivity contribution is 6.30. The van der Waals surface area contributed by atoms with Gasteiger partial charge in [-0.2, -0.15) is 0 Å². The second-order valence-corrected chi connectivity index (χ2v) is 6.32. The van der Waals surface area contributed by atoms with Crippen LogP contribution in [0.3, 0.4) is 0 Å². The van der Waals surface area contributed by atoms with E-state index in [1.807, 2.05) is 43.3 Å². The normalized spacial score (nSPS) is 12.7. The van der Waals surface area contributed by atoms with Gasteiger partial charge in [0.2, 0.25) is 0 Å². The maximum Gasteiger partial charge on any atom is 0.253 e. The van der Waals surface area contributed by atoms with Crippen LogP contribution in [0.2, 0.25) is 5.02 Å². The number of likely N-dealkylation sites (N-methyl/N-ethyl adjacent to an activating group) is 1. The van der Waals surface area contributed by atoms with Crippen molar-refractivity contribution in [1.29, 1.82) is 0 Å². The third-order valence-corrected chi connectivity index (χ3v) is 4.20. The maximum atomic E-state index is 12.7. The number of hydrogen-bond acceptors (Lipinski definition) is 3. The molecular formula is C20H20ClNO3. The number of benzene rings is 2. The Morgan fingerprint density at radius 1 is 1.24 bits per heavy atom. The first kappa shape index (κ1) is 17.4. The van der Waals surface area contributed by atoms with Gasteiger partial charge in [-0.05, 0) is 48.9 Å². The number of hydrogen-bond donors (Lipinski definition) is 0. The molecule has 0 atom stereocenters. The van der Waals surface area contributed by atoms with Gasteiger partial charge >= 0.3 is 0 Å². The summed E-state index contributed by atoms with van der Waals surface area (Å²) in [6.45, 7) is 3.37. The van der Waals surface area contributed by atoms with E-state index < -0.39 is 0 Å². The molecule has 0 saturated heterocycles. The zero-order valence-corrected chi connectivity index (χ0v) is 15.0. The van der Waals surface area contributed by atoms with Gasteiger partial charge in [0, 0.05) is 24.2 Å². The Bertz CT molecular complexity index is 799. The average Bonchev–Trinajstić information content (AvgIpc) is 2.62. The summed E-state index contributed by atoms with van der Waals surface area (Å²) in [5.74, 6) is 1.52. The second-order valence-electron chi connectivity index (χ2n) is 5.88. The summed E-state index contributed by atoms with van der Waals surface area (Å²) in [5.41, 5.74) is 2.49. The van der Waals surface area contributed by atoms with Crippen LogP contribution in [0.15, 0.2) is 48.0 Å². The third kappa shape index (κ3) is 4.15. The summed E-state index contributed by atoms with van der Waals surface area (Å²) in [7, 11) is 1.78. The molecule has 1 aliphatic heterocycles. The Morgan fingerprint density at radius 2 is 2.00 bits per heavy atom. The molecule has 0 aromatic heterocycles. The van der Waals surface area contributed by atoms with Crippen LogP contribution in [0.1, 0.15) is 18.1 Å². The number of carbonyl (C=O) groups is 1. The lowest BCUT2D eigenvalue weighted by molar-refractivity contribution is -0.126. The van der Waals surface area contributed by atoms with E-state index in [1.165, 1.54) is 0 Å². The number of fused-ring (bicyclic) bond motifs is 1. The fraction of sp³-hybridized carbons (Fsp3) is 0.250. The Morgan fingerprint density at radius 3 is 2.72 bits per heavy atom. The van der Waals surface area contributed by atoms with E-state index in [4.69, 9.17) is 21.1 Å². The molecule has 2 aromatic carbocycles. The number of halogens is 1. The molecule has 0 unspecified atom stereocenters. The first-order valence-corrected chi connectivity index (χ1v) is 8.54. The van der Waals surface area contributed by atoms with Crippen molar-refractivity contribution in [1.82, 2.24) is 4.90 Å². The zero-order valence-electron chi connectivity index (χ0n) is 14.3. The quantitative estimate of drug-likeness (QED) is 0.806. The van der Waals surface area contributed by atoms with Crippen LogP contribution >= 0.6 is 11.6 Å². The van der Waals surface area contributed by atoms with Crippen molar-refractivity contribution in [3.05, 3.63) is 64.2 Å². The Hall–Kier alpha value is -2.46. The predicted molar refractivity (Wildman–Crippen MR) is 99.0 cm³/mol. The third-order valence-electron chi connectivity index (χ3n) is 3.96. The van der Waals surface area contributed by atoms with Crippen LogP contribution in [-0.2, 0) is 11.3 Å². The molecule has 0 saturated carbocycles. The summed E-state index contributed by atoms with van der Waals surface area (Å²) in [4.78, 5) is 14.4. The minimum Gasteiger partial charge on any atom is -0.494 e. The van der Waals surface area contributed by atoms with Crippen molar-refractivity contribution in [3.8, 4) is 11.5 Å². The summed E-state index contributed by atoms with van der Waals surface area (Å²) in [5, 5.41) is 0.620. The fourth-order valence-corrected chi connectivity index (χ4v) is 2.90. The van der Waals surface area contributed by atoms with Crippen LogP contribution in [-0.4, -0.2) is 31.1 Å². The molecule has 1 heterocycles. The van der Waals surface area contributed by atoms with Crippen molar-refractivity contribution in [2.24, 2.45) is 0 Å². The van der Waals surface area contributed by atoms with Gasteiger partial charge in [-0.3, -0.25) is 4.79 Å². The van der Waals surface area contributed by atoms with Crippen LogP contribution in [0.5, 0.6) is 11.5 Å². The van der Waals surface area contributed by atoms with Gasteiger partial charge in [-0.1, -0.05) is 23.7 Å². The maximum absolute atomic E-state index is 12.7. The molecule has 25 heavy (non-hydrogen) atoms. The van der Waals surface area contributed by atoms with Gasteiger partial charge in [0.05, 0.1) is 12.2 Å². The van der Waals surface area contributed by atoms with E-state index in [-0.39, 0.29) is 12.5 Å². The largest absolute Gasteiger partial charge is 0.494 e. The molecule has 1 amide bonds. The summed E-state index contributed by atoms with van der Waals surface area (Å²) in [6.07, 6.45) is 1.85. The van der Waals surface area contributed by atoms with E-state index in [2.05, 4.69) is 0 Å². The topological polar surface area (TPSA) is 38.8 Å². The van der Waals surface area contributed by atoms with Gasteiger partial charge < -0.3 is 14.4 Å². The molecule has 0 N–H and O–H groups in total. The van der Waals surface area contributed by atoms with Crippen molar-refractivity contribution < 1.29 is 14.3 Å². The smallest absolute Gasteiger partial charge is 0.253 e.